The lowest BCUT2D eigenvalue weighted by Crippen LogP contribution is -2.30. The van der Waals surface area contributed by atoms with Gasteiger partial charge in [0.25, 0.3) is 15.0 Å². The fourth-order valence-corrected chi connectivity index (χ4v) is 3.45. The maximum absolute atomic E-state index is 12.3. The van der Waals surface area contributed by atoms with E-state index < -0.39 is 15.0 Å². The molecule has 0 aliphatic heterocycles. The van der Waals surface area contributed by atoms with Crippen molar-refractivity contribution in [3.05, 3.63) is 11.4 Å². The molecule has 1 N–H and O–H groups in total. The molecular formula is C12H18ClN3O3S. The summed E-state index contributed by atoms with van der Waals surface area (Å²) >= 11 is 0. The molecule has 8 heteroatoms. The fourth-order valence-electron chi connectivity index (χ4n) is 2.15. The van der Waals surface area contributed by atoms with E-state index in [1.54, 1.807) is 7.05 Å². The van der Waals surface area contributed by atoms with Crippen LogP contribution in [-0.2, 0) is 15.5 Å². The zero-order chi connectivity index (χ0) is 14.9. The minimum Gasteiger partial charge on any atom is -0.340 e. The predicted molar refractivity (Wildman–Crippen MR) is 75.3 cm³/mol. The van der Waals surface area contributed by atoms with Crippen molar-refractivity contribution in [2.24, 2.45) is 5.92 Å². The first-order chi connectivity index (χ1) is 9.34. The Kier molecular flexibility index (Phi) is 4.39. The number of nitrogens with zero attached hydrogens (tertiary/aromatic N) is 2. The van der Waals surface area contributed by atoms with Crippen molar-refractivity contribution in [2.75, 3.05) is 13.6 Å². The average Bonchev–Trinajstić information content (AvgIpc) is 3.04. The van der Waals surface area contributed by atoms with E-state index in [1.807, 2.05) is 6.92 Å². The Morgan fingerprint density at radius 3 is 2.65 bits per heavy atom. The largest absolute Gasteiger partial charge is 0.340 e. The molecule has 2 rings (SSSR count). The number of H-pyrrole nitrogens is 1. The highest BCUT2D eigenvalue weighted by molar-refractivity contribution is 8.13. The van der Waals surface area contributed by atoms with Crippen LogP contribution in [0.4, 0.5) is 0 Å². The van der Waals surface area contributed by atoms with Crippen molar-refractivity contribution in [1.82, 2.24) is 15.1 Å². The summed E-state index contributed by atoms with van der Waals surface area (Å²) in [6, 6.07) is 0. The number of aromatic amines is 1. The van der Waals surface area contributed by atoms with Gasteiger partial charge in [-0.2, -0.15) is 5.10 Å². The third-order valence-corrected chi connectivity index (χ3v) is 4.70. The Balaban J connectivity index is 2.32. The van der Waals surface area contributed by atoms with E-state index >= 15 is 0 Å². The van der Waals surface area contributed by atoms with Gasteiger partial charge in [0.05, 0.1) is 5.69 Å². The lowest BCUT2D eigenvalue weighted by Gasteiger charge is -2.15. The lowest BCUT2D eigenvalue weighted by atomic mass is 10.2. The van der Waals surface area contributed by atoms with Crippen molar-refractivity contribution < 1.29 is 13.2 Å². The van der Waals surface area contributed by atoms with Crippen LogP contribution in [0.25, 0.3) is 0 Å². The molecule has 1 saturated carbocycles. The first-order valence-electron chi connectivity index (χ1n) is 6.62. The zero-order valence-corrected chi connectivity index (χ0v) is 13.1. The summed E-state index contributed by atoms with van der Waals surface area (Å²) in [4.78, 5) is 13.6. The second-order valence-corrected chi connectivity index (χ2v) is 7.70. The van der Waals surface area contributed by atoms with Crippen LogP contribution in [0.15, 0.2) is 4.90 Å². The summed E-state index contributed by atoms with van der Waals surface area (Å²) in [6.45, 7) is 2.53. The average molecular weight is 320 g/mol. The fraction of sp³-hybridized carbons (Fsp3) is 0.667. The Hall–Kier alpha value is -1.08. The van der Waals surface area contributed by atoms with Crippen LogP contribution in [0.2, 0.25) is 0 Å². The molecule has 1 aromatic rings. The van der Waals surface area contributed by atoms with E-state index in [9.17, 15) is 13.2 Å². The minimum atomic E-state index is -4.00. The predicted octanol–water partition coefficient (Wildman–Crippen LogP) is 1.77. The van der Waals surface area contributed by atoms with Crippen molar-refractivity contribution in [1.29, 1.82) is 0 Å². The smallest absolute Gasteiger partial charge is 0.275 e. The van der Waals surface area contributed by atoms with Crippen molar-refractivity contribution in [2.45, 2.75) is 37.5 Å². The van der Waals surface area contributed by atoms with Crippen molar-refractivity contribution in [3.8, 4) is 0 Å². The van der Waals surface area contributed by atoms with Gasteiger partial charge in [-0.3, -0.25) is 9.89 Å². The van der Waals surface area contributed by atoms with Crippen LogP contribution in [-0.4, -0.2) is 43.0 Å². The molecule has 6 nitrogen and oxygen atoms in total. The molecule has 112 valence electrons. The maximum atomic E-state index is 12.3. The van der Waals surface area contributed by atoms with Gasteiger partial charge in [0.1, 0.15) is 4.90 Å². The van der Waals surface area contributed by atoms with Crippen LogP contribution in [0.1, 0.15) is 42.4 Å². The van der Waals surface area contributed by atoms with Crippen molar-refractivity contribution in [3.63, 3.8) is 0 Å². The molecule has 1 aliphatic carbocycles. The highest BCUT2D eigenvalue weighted by Crippen LogP contribution is 2.30. The molecule has 0 aromatic carbocycles. The van der Waals surface area contributed by atoms with Crippen LogP contribution in [0, 0.1) is 5.92 Å². The van der Waals surface area contributed by atoms with Gasteiger partial charge in [0.15, 0.2) is 5.69 Å². The molecule has 20 heavy (non-hydrogen) atoms. The Morgan fingerprint density at radius 2 is 2.15 bits per heavy atom. The third kappa shape index (κ3) is 3.32. The summed E-state index contributed by atoms with van der Waals surface area (Å²) in [5, 5.41) is 6.50. The highest BCUT2D eigenvalue weighted by Gasteiger charge is 2.32. The molecule has 1 heterocycles. The molecule has 1 aliphatic rings. The minimum absolute atomic E-state index is 0.105. The third-order valence-electron chi connectivity index (χ3n) is 3.31. The maximum Gasteiger partial charge on any atom is 0.275 e. The summed E-state index contributed by atoms with van der Waals surface area (Å²) < 4.78 is 23.4. The van der Waals surface area contributed by atoms with Gasteiger partial charge in [-0.15, -0.1) is 0 Å². The number of aromatic nitrogens is 2. The van der Waals surface area contributed by atoms with E-state index in [2.05, 4.69) is 10.2 Å². The second-order valence-electron chi connectivity index (χ2n) is 5.20. The van der Waals surface area contributed by atoms with Gasteiger partial charge in [-0.1, -0.05) is 13.3 Å². The number of nitrogens with one attached hydrogen (secondary N) is 1. The number of amides is 1. The van der Waals surface area contributed by atoms with E-state index in [0.29, 0.717) is 24.6 Å². The van der Waals surface area contributed by atoms with Crippen LogP contribution in [0.5, 0.6) is 0 Å². The summed E-state index contributed by atoms with van der Waals surface area (Å²) in [5.74, 6) is 0.115. The van der Waals surface area contributed by atoms with Gasteiger partial charge in [0, 0.05) is 24.3 Å². The number of carbonyl (C=O) groups excluding carboxylic acids is 1. The molecule has 1 fully saturated rings. The van der Waals surface area contributed by atoms with E-state index in [0.717, 1.165) is 19.3 Å². The van der Waals surface area contributed by atoms with Gasteiger partial charge >= 0.3 is 0 Å². The van der Waals surface area contributed by atoms with Crippen LogP contribution in [0.3, 0.4) is 0 Å². The zero-order valence-electron chi connectivity index (χ0n) is 11.5. The number of hydrogen-bond acceptors (Lipinski definition) is 4. The van der Waals surface area contributed by atoms with E-state index in [4.69, 9.17) is 10.7 Å². The van der Waals surface area contributed by atoms with E-state index in [-0.39, 0.29) is 10.6 Å². The molecule has 0 atom stereocenters. The van der Waals surface area contributed by atoms with Gasteiger partial charge < -0.3 is 4.90 Å². The first kappa shape index (κ1) is 15.3. The lowest BCUT2D eigenvalue weighted by molar-refractivity contribution is 0.0779. The number of carbonyl (C=O) groups is 1. The molecule has 0 saturated heterocycles. The van der Waals surface area contributed by atoms with Gasteiger partial charge in [-0.05, 0) is 25.2 Å². The summed E-state index contributed by atoms with van der Waals surface area (Å²) in [7, 11) is 3.10. The number of aryl methyl sites for hydroxylation is 1. The van der Waals surface area contributed by atoms with Crippen molar-refractivity contribution >= 4 is 25.6 Å². The Morgan fingerprint density at radius 1 is 1.50 bits per heavy atom. The van der Waals surface area contributed by atoms with Crippen LogP contribution < -0.4 is 0 Å². The number of halogens is 1. The molecular weight excluding hydrogens is 302 g/mol. The van der Waals surface area contributed by atoms with Gasteiger partial charge in [-0.25, -0.2) is 8.42 Å². The molecule has 0 spiro atoms. The summed E-state index contributed by atoms with van der Waals surface area (Å²) in [5.41, 5.74) is 0.289. The Bertz CT molecular complexity index is 607. The molecule has 0 unspecified atom stereocenters. The topological polar surface area (TPSA) is 83.1 Å². The highest BCUT2D eigenvalue weighted by atomic mass is 35.7. The SMILES string of the molecule is CCCc1[nH]nc(C(=O)N(C)CC2CC2)c1S(=O)(=O)Cl. The first-order valence-corrected chi connectivity index (χ1v) is 8.92. The summed E-state index contributed by atoms with van der Waals surface area (Å²) in [6.07, 6.45) is 3.43. The molecule has 1 amide bonds. The normalized spacial score (nSPS) is 15.3. The monoisotopic (exact) mass is 319 g/mol. The standard InChI is InChI=1S/C12H18ClN3O3S/c1-3-4-9-11(20(13,18)19)10(15-14-9)12(17)16(2)7-8-5-6-8/h8H,3-7H2,1-2H3,(H,14,15). The molecule has 0 bridgehead atoms. The molecule has 0 radical (unpaired) electrons. The number of hydrogen-bond donors (Lipinski definition) is 1. The second kappa shape index (κ2) is 5.73. The van der Waals surface area contributed by atoms with Gasteiger partial charge in [0.2, 0.25) is 0 Å². The number of rotatable bonds is 6. The Labute approximate surface area is 122 Å². The molecule has 1 aromatic heterocycles. The van der Waals surface area contributed by atoms with E-state index in [1.165, 1.54) is 4.90 Å². The quantitative estimate of drug-likeness (QED) is 0.810. The van der Waals surface area contributed by atoms with Crippen LogP contribution >= 0.6 is 10.7 Å².